The lowest BCUT2D eigenvalue weighted by Crippen LogP contribution is -2.00. The van der Waals surface area contributed by atoms with E-state index in [1.807, 2.05) is 12.1 Å². The first kappa shape index (κ1) is 10.9. The van der Waals surface area contributed by atoms with E-state index >= 15 is 0 Å². The minimum absolute atomic E-state index is 0.428. The fourth-order valence-corrected chi connectivity index (χ4v) is 2.46. The van der Waals surface area contributed by atoms with Gasteiger partial charge in [-0.25, -0.2) is 0 Å². The number of H-pyrrole nitrogens is 1. The Morgan fingerprint density at radius 2 is 1.95 bits per heavy atom. The molecule has 3 aromatic rings. The number of aromatic nitrogens is 1. The highest BCUT2D eigenvalue weighted by Crippen LogP contribution is 2.28. The van der Waals surface area contributed by atoms with Crippen molar-refractivity contribution in [2.24, 2.45) is 0 Å². The number of epoxide rings is 1. The summed E-state index contributed by atoms with van der Waals surface area (Å²) in [7, 11) is 0. The quantitative estimate of drug-likeness (QED) is 0.723. The van der Waals surface area contributed by atoms with E-state index in [9.17, 15) is 0 Å². The van der Waals surface area contributed by atoms with E-state index in [-0.39, 0.29) is 0 Å². The molecule has 0 bridgehead atoms. The molecule has 0 amide bonds. The van der Waals surface area contributed by atoms with Crippen LogP contribution >= 0.6 is 0 Å². The summed E-state index contributed by atoms with van der Waals surface area (Å²) in [4.78, 5) is 3.41. The zero-order chi connectivity index (χ0) is 12.7. The van der Waals surface area contributed by atoms with E-state index in [0.29, 0.717) is 6.10 Å². The van der Waals surface area contributed by atoms with E-state index in [2.05, 4.69) is 35.3 Å². The second-order valence-corrected chi connectivity index (χ2v) is 4.97. The maximum Gasteiger partial charge on any atom is 0.120 e. The Morgan fingerprint density at radius 1 is 1.11 bits per heavy atom. The maximum absolute atomic E-state index is 5.79. The fourth-order valence-electron chi connectivity index (χ4n) is 2.46. The lowest BCUT2D eigenvalue weighted by Gasteiger charge is -2.04. The summed E-state index contributed by atoms with van der Waals surface area (Å²) in [6.45, 7) is 1.61. The molecule has 1 atom stereocenters. The average molecular weight is 253 g/mol. The molecule has 2 aromatic carbocycles. The van der Waals surface area contributed by atoms with Crippen LogP contribution in [0.4, 0.5) is 0 Å². The van der Waals surface area contributed by atoms with Crippen LogP contribution in [-0.2, 0) is 4.74 Å². The molecule has 2 heterocycles. The predicted molar refractivity (Wildman–Crippen MR) is 75.7 cm³/mol. The van der Waals surface area contributed by atoms with Crippen molar-refractivity contribution in [1.82, 2.24) is 4.98 Å². The predicted octanol–water partition coefficient (Wildman–Crippen LogP) is 3.49. The molecule has 0 spiro atoms. The third-order valence-corrected chi connectivity index (χ3v) is 3.59. The number of hydrogen-bond donors (Lipinski definition) is 1. The van der Waals surface area contributed by atoms with Crippen molar-refractivity contribution in [2.45, 2.75) is 12.5 Å². The summed E-state index contributed by atoms with van der Waals surface area (Å²) in [6.07, 6.45) is 1.41. The average Bonchev–Trinajstić information content (AvgIpc) is 3.18. The third-order valence-electron chi connectivity index (χ3n) is 3.59. The Bertz CT molecular complexity index is 728. The summed E-state index contributed by atoms with van der Waals surface area (Å²) in [5, 5.41) is 2.46. The number of rotatable bonds is 4. The van der Waals surface area contributed by atoms with Crippen molar-refractivity contribution >= 4 is 21.8 Å². The Labute approximate surface area is 111 Å². The molecule has 3 heteroatoms. The maximum atomic E-state index is 5.79. The van der Waals surface area contributed by atoms with Crippen LogP contribution in [0, 0.1) is 0 Å². The zero-order valence-corrected chi connectivity index (χ0v) is 10.6. The van der Waals surface area contributed by atoms with Crippen molar-refractivity contribution in [3.05, 3.63) is 42.5 Å². The van der Waals surface area contributed by atoms with Crippen LogP contribution in [-0.4, -0.2) is 24.3 Å². The molecule has 96 valence electrons. The van der Waals surface area contributed by atoms with Gasteiger partial charge >= 0.3 is 0 Å². The van der Waals surface area contributed by atoms with Gasteiger partial charge in [-0.3, -0.25) is 0 Å². The second kappa shape index (κ2) is 4.28. The van der Waals surface area contributed by atoms with Gasteiger partial charge in [0.15, 0.2) is 0 Å². The fraction of sp³-hybridized carbons (Fsp3) is 0.250. The highest BCUT2D eigenvalue weighted by Gasteiger charge is 2.21. The van der Waals surface area contributed by atoms with Crippen LogP contribution in [0.25, 0.3) is 21.8 Å². The van der Waals surface area contributed by atoms with Gasteiger partial charge in [0.1, 0.15) is 5.75 Å². The van der Waals surface area contributed by atoms with E-state index in [0.717, 1.165) is 30.9 Å². The lowest BCUT2D eigenvalue weighted by atomic mass is 10.1. The highest BCUT2D eigenvalue weighted by atomic mass is 16.6. The number of fused-ring (bicyclic) bond motifs is 3. The van der Waals surface area contributed by atoms with E-state index < -0.39 is 0 Å². The minimum atomic E-state index is 0.428. The largest absolute Gasteiger partial charge is 0.493 e. The number of nitrogens with one attached hydrogen (secondary N) is 1. The monoisotopic (exact) mass is 253 g/mol. The van der Waals surface area contributed by atoms with Gasteiger partial charge in [0.2, 0.25) is 0 Å². The third kappa shape index (κ3) is 2.06. The molecule has 1 aromatic heterocycles. The number of aromatic amines is 1. The van der Waals surface area contributed by atoms with Gasteiger partial charge in [0, 0.05) is 28.2 Å². The first-order valence-electron chi connectivity index (χ1n) is 6.65. The summed E-state index contributed by atoms with van der Waals surface area (Å²) in [5.41, 5.74) is 2.32. The van der Waals surface area contributed by atoms with Crippen molar-refractivity contribution in [2.75, 3.05) is 13.2 Å². The summed E-state index contributed by atoms with van der Waals surface area (Å²) in [5.74, 6) is 0.929. The molecule has 0 radical (unpaired) electrons. The lowest BCUT2D eigenvalue weighted by molar-refractivity contribution is 0.283. The normalized spacial score (nSPS) is 18.0. The smallest absolute Gasteiger partial charge is 0.120 e. The van der Waals surface area contributed by atoms with Crippen LogP contribution < -0.4 is 4.74 Å². The highest BCUT2D eigenvalue weighted by molar-refractivity contribution is 6.07. The molecule has 1 unspecified atom stereocenters. The van der Waals surface area contributed by atoms with Gasteiger partial charge in [-0.05, 0) is 24.3 Å². The van der Waals surface area contributed by atoms with Crippen molar-refractivity contribution in [3.63, 3.8) is 0 Å². The number of hydrogen-bond acceptors (Lipinski definition) is 2. The van der Waals surface area contributed by atoms with Crippen molar-refractivity contribution in [1.29, 1.82) is 0 Å². The summed E-state index contributed by atoms with van der Waals surface area (Å²) >= 11 is 0. The first-order valence-corrected chi connectivity index (χ1v) is 6.65. The van der Waals surface area contributed by atoms with Gasteiger partial charge in [-0.1, -0.05) is 18.2 Å². The standard InChI is InChI=1S/C16H15NO2/c1-2-4-15-13(3-1)14-9-11(5-6-16(14)17-15)18-8-7-12-10-19-12/h1-6,9,12,17H,7-8,10H2. The van der Waals surface area contributed by atoms with Crippen molar-refractivity contribution < 1.29 is 9.47 Å². The summed E-state index contributed by atoms with van der Waals surface area (Å²) < 4.78 is 11.0. The minimum Gasteiger partial charge on any atom is -0.493 e. The molecule has 1 saturated heterocycles. The molecule has 4 rings (SSSR count). The molecule has 1 aliphatic heterocycles. The van der Waals surface area contributed by atoms with Crippen LogP contribution in [0.15, 0.2) is 42.5 Å². The molecule has 1 aliphatic rings. The van der Waals surface area contributed by atoms with Crippen LogP contribution in [0.1, 0.15) is 6.42 Å². The van der Waals surface area contributed by atoms with E-state index in [1.54, 1.807) is 0 Å². The molecule has 3 nitrogen and oxygen atoms in total. The number of benzene rings is 2. The van der Waals surface area contributed by atoms with Crippen LogP contribution in [0.5, 0.6) is 5.75 Å². The SMILES string of the molecule is c1ccc2c(c1)[nH]c1ccc(OCCC3CO3)cc12. The van der Waals surface area contributed by atoms with Gasteiger partial charge < -0.3 is 14.5 Å². The molecular weight excluding hydrogens is 238 g/mol. The van der Waals surface area contributed by atoms with Crippen LogP contribution in [0.2, 0.25) is 0 Å². The van der Waals surface area contributed by atoms with Crippen molar-refractivity contribution in [3.8, 4) is 5.75 Å². The molecule has 0 saturated carbocycles. The van der Waals surface area contributed by atoms with Gasteiger partial charge in [0.05, 0.1) is 19.3 Å². The van der Waals surface area contributed by atoms with E-state index in [4.69, 9.17) is 9.47 Å². The topological polar surface area (TPSA) is 37.5 Å². The first-order chi connectivity index (χ1) is 9.40. The second-order valence-electron chi connectivity index (χ2n) is 4.97. The Morgan fingerprint density at radius 3 is 2.84 bits per heavy atom. The Hall–Kier alpha value is -2.00. The summed E-state index contributed by atoms with van der Waals surface area (Å²) in [6, 6.07) is 14.6. The molecule has 19 heavy (non-hydrogen) atoms. The Kier molecular flexibility index (Phi) is 2.45. The molecule has 1 N–H and O–H groups in total. The Balaban J connectivity index is 1.66. The molecular formula is C16H15NO2. The van der Waals surface area contributed by atoms with Crippen LogP contribution in [0.3, 0.4) is 0 Å². The van der Waals surface area contributed by atoms with Gasteiger partial charge in [-0.15, -0.1) is 0 Å². The number of para-hydroxylation sites is 1. The zero-order valence-electron chi connectivity index (χ0n) is 10.6. The van der Waals surface area contributed by atoms with E-state index in [1.165, 1.54) is 16.3 Å². The van der Waals surface area contributed by atoms with Gasteiger partial charge in [-0.2, -0.15) is 0 Å². The van der Waals surface area contributed by atoms with Gasteiger partial charge in [0.25, 0.3) is 0 Å². The molecule has 0 aliphatic carbocycles. The number of ether oxygens (including phenoxy) is 2. The molecule has 1 fully saturated rings.